The van der Waals surface area contributed by atoms with E-state index in [-0.39, 0.29) is 16.7 Å². The normalized spacial score (nSPS) is 12.6. The van der Waals surface area contributed by atoms with Crippen molar-refractivity contribution in [2.45, 2.75) is 12.8 Å². The zero-order valence-electron chi connectivity index (χ0n) is 8.18. The third-order valence-corrected chi connectivity index (χ3v) is 2.46. The summed E-state index contributed by atoms with van der Waals surface area (Å²) in [5.74, 6) is -0.279. The molecule has 1 rings (SSSR count). The smallest absolute Gasteiger partial charge is 0.183 e. The van der Waals surface area contributed by atoms with Gasteiger partial charge in [0.05, 0.1) is 12.1 Å². The first-order valence-electron chi connectivity index (χ1n) is 4.33. The maximum Gasteiger partial charge on any atom is 0.183 e. The van der Waals surface area contributed by atoms with E-state index in [0.29, 0.717) is 6.54 Å². The van der Waals surface area contributed by atoms with Crippen molar-refractivity contribution in [1.82, 2.24) is 0 Å². The summed E-state index contributed by atoms with van der Waals surface area (Å²) >= 11 is 5.63. The lowest BCUT2D eigenvalue weighted by Gasteiger charge is -2.14. The van der Waals surface area contributed by atoms with E-state index in [1.54, 1.807) is 6.07 Å². The van der Waals surface area contributed by atoms with Crippen LogP contribution in [0.3, 0.4) is 0 Å². The van der Waals surface area contributed by atoms with Gasteiger partial charge in [0.15, 0.2) is 11.6 Å². The Morgan fingerprint density at radius 2 is 2.21 bits per heavy atom. The Hall–Kier alpha value is -0.800. The van der Waals surface area contributed by atoms with Gasteiger partial charge in [-0.25, -0.2) is 4.39 Å². The number of methoxy groups -OCH3 is 1. The third kappa shape index (κ3) is 1.99. The molecule has 78 valence electrons. The van der Waals surface area contributed by atoms with E-state index in [2.05, 4.69) is 0 Å². The lowest BCUT2D eigenvalue weighted by molar-refractivity contribution is 0.379. The molecule has 1 aromatic rings. The van der Waals surface area contributed by atoms with Crippen LogP contribution in [-0.2, 0) is 0 Å². The first-order valence-corrected chi connectivity index (χ1v) is 4.71. The van der Waals surface area contributed by atoms with E-state index < -0.39 is 5.82 Å². The van der Waals surface area contributed by atoms with Crippen molar-refractivity contribution in [2.75, 3.05) is 13.7 Å². The Bertz CT molecular complexity index is 330. The van der Waals surface area contributed by atoms with Crippen LogP contribution in [-0.4, -0.2) is 13.7 Å². The minimum absolute atomic E-state index is 0.0525. The second-order valence-electron chi connectivity index (χ2n) is 3.12. The Kier molecular flexibility index (Phi) is 3.72. The summed E-state index contributed by atoms with van der Waals surface area (Å²) in [5.41, 5.74) is 6.25. The van der Waals surface area contributed by atoms with Gasteiger partial charge >= 0.3 is 0 Å². The molecule has 0 saturated carbocycles. The summed E-state index contributed by atoms with van der Waals surface area (Å²) in [6.45, 7) is 2.35. The van der Waals surface area contributed by atoms with Gasteiger partial charge in [-0.3, -0.25) is 0 Å². The number of rotatable bonds is 3. The molecular weight excluding hydrogens is 205 g/mol. The lowest BCUT2D eigenvalue weighted by Crippen LogP contribution is -2.10. The van der Waals surface area contributed by atoms with E-state index >= 15 is 0 Å². The van der Waals surface area contributed by atoms with Crippen molar-refractivity contribution in [2.24, 2.45) is 5.73 Å². The molecule has 0 spiro atoms. The first kappa shape index (κ1) is 11.3. The predicted octanol–water partition coefficient (Wildman–Crippen LogP) is 2.55. The molecule has 0 aliphatic rings. The van der Waals surface area contributed by atoms with E-state index in [0.717, 1.165) is 5.56 Å². The molecule has 1 aromatic carbocycles. The fourth-order valence-corrected chi connectivity index (χ4v) is 1.42. The van der Waals surface area contributed by atoms with Crippen molar-refractivity contribution in [3.8, 4) is 5.75 Å². The summed E-state index contributed by atoms with van der Waals surface area (Å²) in [6, 6.07) is 3.25. The number of nitrogens with two attached hydrogens (primary N) is 1. The van der Waals surface area contributed by atoms with Crippen LogP contribution in [0.1, 0.15) is 18.4 Å². The van der Waals surface area contributed by atoms with Gasteiger partial charge in [0.2, 0.25) is 0 Å². The van der Waals surface area contributed by atoms with Crippen LogP contribution in [0.5, 0.6) is 5.75 Å². The molecule has 0 aromatic heterocycles. The Balaban J connectivity index is 3.23. The highest BCUT2D eigenvalue weighted by Crippen LogP contribution is 2.32. The van der Waals surface area contributed by atoms with Crippen molar-refractivity contribution < 1.29 is 9.13 Å². The minimum Gasteiger partial charge on any atom is -0.493 e. The van der Waals surface area contributed by atoms with Crippen LogP contribution < -0.4 is 10.5 Å². The SMILES string of the molecule is COc1c(C(C)CN)ccc(Cl)c1F. The Morgan fingerprint density at radius 1 is 1.57 bits per heavy atom. The molecule has 0 amide bonds. The van der Waals surface area contributed by atoms with Gasteiger partial charge in [0, 0.05) is 5.56 Å². The monoisotopic (exact) mass is 217 g/mol. The zero-order valence-corrected chi connectivity index (χ0v) is 8.94. The van der Waals surface area contributed by atoms with E-state index in [1.807, 2.05) is 6.92 Å². The number of hydrogen-bond donors (Lipinski definition) is 1. The summed E-state index contributed by atoms with van der Waals surface area (Å²) < 4.78 is 18.4. The van der Waals surface area contributed by atoms with Crippen molar-refractivity contribution in [3.05, 3.63) is 28.5 Å². The Labute approximate surface area is 87.8 Å². The van der Waals surface area contributed by atoms with Crippen LogP contribution in [0.15, 0.2) is 12.1 Å². The molecule has 4 heteroatoms. The molecule has 0 heterocycles. The average molecular weight is 218 g/mol. The number of hydrogen-bond acceptors (Lipinski definition) is 2. The van der Waals surface area contributed by atoms with Crippen LogP contribution in [0.2, 0.25) is 5.02 Å². The molecule has 1 atom stereocenters. The second-order valence-corrected chi connectivity index (χ2v) is 3.53. The van der Waals surface area contributed by atoms with Crippen molar-refractivity contribution >= 4 is 11.6 Å². The maximum absolute atomic E-state index is 13.5. The van der Waals surface area contributed by atoms with Gasteiger partial charge in [0.1, 0.15) is 0 Å². The lowest BCUT2D eigenvalue weighted by atomic mass is 10.0. The number of ether oxygens (including phenoxy) is 1. The van der Waals surface area contributed by atoms with Gasteiger partial charge in [0.25, 0.3) is 0 Å². The van der Waals surface area contributed by atoms with Gasteiger partial charge < -0.3 is 10.5 Å². The van der Waals surface area contributed by atoms with Gasteiger partial charge in [-0.2, -0.15) is 0 Å². The quantitative estimate of drug-likeness (QED) is 0.845. The van der Waals surface area contributed by atoms with E-state index in [4.69, 9.17) is 22.1 Å². The van der Waals surface area contributed by atoms with Crippen LogP contribution in [0.25, 0.3) is 0 Å². The van der Waals surface area contributed by atoms with Gasteiger partial charge in [-0.05, 0) is 18.5 Å². The molecule has 0 radical (unpaired) electrons. The van der Waals surface area contributed by atoms with Crippen molar-refractivity contribution in [3.63, 3.8) is 0 Å². The third-order valence-electron chi connectivity index (χ3n) is 2.17. The molecule has 0 saturated heterocycles. The largest absolute Gasteiger partial charge is 0.493 e. The predicted molar refractivity (Wildman–Crippen MR) is 55.4 cm³/mol. The molecule has 2 N–H and O–H groups in total. The highest BCUT2D eigenvalue weighted by molar-refractivity contribution is 6.30. The van der Waals surface area contributed by atoms with E-state index in [9.17, 15) is 4.39 Å². The van der Waals surface area contributed by atoms with Crippen LogP contribution in [0, 0.1) is 5.82 Å². The second kappa shape index (κ2) is 4.62. The first-order chi connectivity index (χ1) is 6.61. The highest BCUT2D eigenvalue weighted by atomic mass is 35.5. The zero-order chi connectivity index (χ0) is 10.7. The highest BCUT2D eigenvalue weighted by Gasteiger charge is 2.16. The number of halogens is 2. The average Bonchev–Trinajstić information content (AvgIpc) is 2.20. The van der Waals surface area contributed by atoms with E-state index in [1.165, 1.54) is 13.2 Å². The molecule has 14 heavy (non-hydrogen) atoms. The molecule has 0 bridgehead atoms. The molecular formula is C10H13ClFNO. The fourth-order valence-electron chi connectivity index (χ4n) is 1.27. The molecule has 0 aliphatic heterocycles. The summed E-state index contributed by atoms with van der Waals surface area (Å²) in [4.78, 5) is 0. The summed E-state index contributed by atoms with van der Waals surface area (Å²) in [6.07, 6.45) is 0. The molecule has 0 aliphatic carbocycles. The van der Waals surface area contributed by atoms with Gasteiger partial charge in [-0.15, -0.1) is 0 Å². The number of benzene rings is 1. The fraction of sp³-hybridized carbons (Fsp3) is 0.400. The molecule has 0 fully saturated rings. The van der Waals surface area contributed by atoms with Crippen molar-refractivity contribution in [1.29, 1.82) is 0 Å². The van der Waals surface area contributed by atoms with Crippen LogP contribution >= 0.6 is 11.6 Å². The Morgan fingerprint density at radius 3 is 2.71 bits per heavy atom. The summed E-state index contributed by atoms with van der Waals surface area (Å²) in [7, 11) is 1.42. The topological polar surface area (TPSA) is 35.2 Å². The minimum atomic E-state index is -0.521. The maximum atomic E-state index is 13.5. The molecule has 2 nitrogen and oxygen atoms in total. The molecule has 1 unspecified atom stereocenters. The standard InChI is InChI=1S/C10H13ClFNO/c1-6(5-13)7-3-4-8(11)9(12)10(7)14-2/h3-4,6H,5,13H2,1-2H3. The van der Waals surface area contributed by atoms with Crippen LogP contribution in [0.4, 0.5) is 4.39 Å². The van der Waals surface area contributed by atoms with Gasteiger partial charge in [-0.1, -0.05) is 24.6 Å². The summed E-state index contributed by atoms with van der Waals surface area (Å²) in [5, 5.41) is 0.0646.